The zero-order valence-corrected chi connectivity index (χ0v) is 18.7. The summed E-state index contributed by atoms with van der Waals surface area (Å²) in [6, 6.07) is 9.89. The number of hydrogen-bond acceptors (Lipinski definition) is 7. The van der Waals surface area contributed by atoms with E-state index in [1.165, 1.54) is 29.5 Å². The Kier molecular flexibility index (Phi) is 6.30. The van der Waals surface area contributed by atoms with Crippen LogP contribution < -0.4 is 5.32 Å². The molecule has 1 saturated heterocycles. The molecule has 0 saturated carbocycles. The van der Waals surface area contributed by atoms with Crippen LogP contribution in [0.5, 0.6) is 0 Å². The van der Waals surface area contributed by atoms with Gasteiger partial charge in [-0.05, 0) is 42.3 Å². The molecule has 1 fully saturated rings. The molecular formula is C21H16FN3O3S3. The molecule has 0 bridgehead atoms. The minimum absolute atomic E-state index is 0.0284. The van der Waals surface area contributed by atoms with Gasteiger partial charge >= 0.3 is 0 Å². The van der Waals surface area contributed by atoms with Crippen LogP contribution in [0.3, 0.4) is 0 Å². The van der Waals surface area contributed by atoms with Crippen LogP contribution in [0.2, 0.25) is 0 Å². The summed E-state index contributed by atoms with van der Waals surface area (Å²) >= 11 is 3.61. The lowest BCUT2D eigenvalue weighted by atomic mass is 10.2. The first kappa shape index (κ1) is 21.4. The van der Waals surface area contributed by atoms with E-state index >= 15 is 0 Å². The molecule has 3 amide bonds. The number of rotatable bonds is 6. The van der Waals surface area contributed by atoms with Crippen molar-refractivity contribution in [3.05, 3.63) is 68.6 Å². The van der Waals surface area contributed by atoms with Crippen LogP contribution in [0.4, 0.5) is 9.18 Å². The third-order valence-corrected chi connectivity index (χ3v) is 7.52. The van der Waals surface area contributed by atoms with E-state index < -0.39 is 17.0 Å². The van der Waals surface area contributed by atoms with Gasteiger partial charge in [-0.15, -0.1) is 22.7 Å². The molecule has 4 rings (SSSR count). The number of aromatic nitrogens is 1. The number of carbonyl (C=O) groups excluding carboxylic acids is 3. The van der Waals surface area contributed by atoms with Gasteiger partial charge in [-0.25, -0.2) is 9.37 Å². The molecule has 3 heterocycles. The molecule has 6 nitrogen and oxygen atoms in total. The minimum Gasteiger partial charge on any atom is -0.349 e. The van der Waals surface area contributed by atoms with Crippen molar-refractivity contribution in [2.24, 2.45) is 0 Å². The lowest BCUT2D eigenvalue weighted by Gasteiger charge is -2.12. The fourth-order valence-corrected chi connectivity index (χ4v) is 5.54. The normalized spacial score (nSPS) is 15.2. The molecule has 1 aliphatic rings. The summed E-state index contributed by atoms with van der Waals surface area (Å²) in [6.45, 7) is 1.91. The monoisotopic (exact) mass is 473 g/mol. The van der Waals surface area contributed by atoms with E-state index in [0.717, 1.165) is 26.5 Å². The molecule has 31 heavy (non-hydrogen) atoms. The highest BCUT2D eigenvalue weighted by Crippen LogP contribution is 2.33. The first-order chi connectivity index (χ1) is 14.9. The molecule has 0 aliphatic carbocycles. The van der Waals surface area contributed by atoms with E-state index in [1.807, 2.05) is 17.5 Å². The van der Waals surface area contributed by atoms with Crippen LogP contribution in [0.1, 0.15) is 20.9 Å². The average Bonchev–Trinajstić information content (AvgIpc) is 3.46. The molecule has 1 aromatic carbocycles. The molecule has 0 atom stereocenters. The molecule has 2 aromatic heterocycles. The fraction of sp³-hybridized carbons (Fsp3) is 0.143. The van der Waals surface area contributed by atoms with Crippen molar-refractivity contribution in [2.45, 2.75) is 6.92 Å². The predicted octanol–water partition coefficient (Wildman–Crippen LogP) is 4.79. The molecule has 0 radical (unpaired) electrons. The smallest absolute Gasteiger partial charge is 0.293 e. The van der Waals surface area contributed by atoms with Crippen LogP contribution in [0, 0.1) is 12.7 Å². The zero-order valence-electron chi connectivity index (χ0n) is 16.3. The van der Waals surface area contributed by atoms with Crippen molar-refractivity contribution in [1.29, 1.82) is 0 Å². The molecule has 10 heteroatoms. The van der Waals surface area contributed by atoms with Crippen LogP contribution in [-0.2, 0) is 4.79 Å². The van der Waals surface area contributed by atoms with Crippen LogP contribution in [-0.4, -0.2) is 40.0 Å². The Bertz CT molecular complexity index is 1190. The lowest BCUT2D eigenvalue weighted by molar-refractivity contribution is -0.122. The predicted molar refractivity (Wildman–Crippen MR) is 122 cm³/mol. The second-order valence-electron chi connectivity index (χ2n) is 6.52. The highest BCUT2D eigenvalue weighted by Gasteiger charge is 2.35. The average molecular weight is 474 g/mol. The van der Waals surface area contributed by atoms with Crippen molar-refractivity contribution < 1.29 is 18.8 Å². The number of thiazole rings is 1. The van der Waals surface area contributed by atoms with Gasteiger partial charge in [0.05, 0.1) is 15.5 Å². The first-order valence-corrected chi connectivity index (χ1v) is 11.7. The van der Waals surface area contributed by atoms with Gasteiger partial charge in [-0.3, -0.25) is 19.3 Å². The molecule has 1 aliphatic heterocycles. The number of amides is 3. The molecule has 3 aromatic rings. The fourth-order valence-electron chi connectivity index (χ4n) is 2.90. The number of aryl methyl sites for hydroxylation is 1. The summed E-state index contributed by atoms with van der Waals surface area (Å²) < 4.78 is 13.8. The highest BCUT2D eigenvalue weighted by atomic mass is 32.2. The van der Waals surface area contributed by atoms with Gasteiger partial charge in [-0.2, -0.15) is 0 Å². The van der Waals surface area contributed by atoms with E-state index in [0.29, 0.717) is 10.6 Å². The van der Waals surface area contributed by atoms with Crippen LogP contribution >= 0.6 is 34.4 Å². The lowest BCUT2D eigenvalue weighted by Crippen LogP contribution is -2.37. The largest absolute Gasteiger partial charge is 0.349 e. The number of nitrogens with one attached hydrogen (secondary N) is 1. The van der Waals surface area contributed by atoms with Gasteiger partial charge in [0, 0.05) is 18.7 Å². The second kappa shape index (κ2) is 9.13. The summed E-state index contributed by atoms with van der Waals surface area (Å²) in [6.07, 6.45) is 1.37. The molecular weight excluding hydrogens is 457 g/mol. The number of thiophene rings is 1. The SMILES string of the molecule is Cc1nc(-c2cccs2)sc1C(=O)NCCN1C(=O)S/C(=C\c2ccccc2F)C1=O. The Hall–Kier alpha value is -2.82. The number of imide groups is 1. The summed E-state index contributed by atoms with van der Waals surface area (Å²) in [7, 11) is 0. The maximum Gasteiger partial charge on any atom is 0.293 e. The molecule has 0 unspecified atom stereocenters. The number of nitrogens with zero attached hydrogens (tertiary/aromatic N) is 2. The van der Waals surface area contributed by atoms with E-state index in [9.17, 15) is 18.8 Å². The van der Waals surface area contributed by atoms with Crippen molar-refractivity contribution in [2.75, 3.05) is 13.1 Å². The zero-order chi connectivity index (χ0) is 22.0. The molecule has 1 N–H and O–H groups in total. The molecule has 158 valence electrons. The standard InChI is InChI=1S/C21H16FN3O3S3/c1-12-17(31-19(24-12)15-7-4-10-29-15)18(26)23-8-9-25-20(27)16(30-21(25)28)11-13-5-2-3-6-14(13)22/h2-7,10-11H,8-9H2,1H3,(H,23,26)/b16-11-. The summed E-state index contributed by atoms with van der Waals surface area (Å²) in [4.78, 5) is 44.4. The third kappa shape index (κ3) is 4.60. The van der Waals surface area contributed by atoms with E-state index in [1.54, 1.807) is 30.4 Å². The van der Waals surface area contributed by atoms with Gasteiger partial charge in [0.15, 0.2) is 0 Å². The van der Waals surface area contributed by atoms with Gasteiger partial charge in [0.1, 0.15) is 15.7 Å². The van der Waals surface area contributed by atoms with Crippen molar-refractivity contribution in [1.82, 2.24) is 15.2 Å². The Labute approximate surface area is 189 Å². The van der Waals surface area contributed by atoms with Crippen LogP contribution in [0.25, 0.3) is 16.0 Å². The van der Waals surface area contributed by atoms with Gasteiger partial charge < -0.3 is 5.32 Å². The third-order valence-electron chi connectivity index (χ3n) is 4.42. The van der Waals surface area contributed by atoms with Crippen molar-refractivity contribution in [3.8, 4) is 9.88 Å². The number of thioether (sulfide) groups is 1. The van der Waals surface area contributed by atoms with Crippen molar-refractivity contribution in [3.63, 3.8) is 0 Å². The maximum atomic E-state index is 13.8. The van der Waals surface area contributed by atoms with E-state index in [4.69, 9.17) is 0 Å². The Morgan fingerprint density at radius 1 is 1.23 bits per heavy atom. The van der Waals surface area contributed by atoms with Gasteiger partial charge in [-0.1, -0.05) is 24.3 Å². The second-order valence-corrected chi connectivity index (χ2v) is 9.46. The Morgan fingerprint density at radius 2 is 2.03 bits per heavy atom. The van der Waals surface area contributed by atoms with Crippen molar-refractivity contribution >= 4 is 57.6 Å². The Morgan fingerprint density at radius 3 is 2.77 bits per heavy atom. The summed E-state index contributed by atoms with van der Waals surface area (Å²) in [5.74, 6) is -1.27. The number of benzene rings is 1. The minimum atomic E-state index is -0.499. The van der Waals surface area contributed by atoms with E-state index in [2.05, 4.69) is 10.3 Å². The topological polar surface area (TPSA) is 79.4 Å². The number of carbonyl (C=O) groups is 3. The number of hydrogen-bond donors (Lipinski definition) is 1. The molecule has 0 spiro atoms. The van der Waals surface area contributed by atoms with Crippen LogP contribution in [0.15, 0.2) is 46.7 Å². The van der Waals surface area contributed by atoms with Gasteiger partial charge in [0.25, 0.3) is 17.1 Å². The first-order valence-electron chi connectivity index (χ1n) is 9.23. The maximum absolute atomic E-state index is 13.8. The van der Waals surface area contributed by atoms with E-state index in [-0.39, 0.29) is 29.5 Å². The Balaban J connectivity index is 1.37. The highest BCUT2D eigenvalue weighted by molar-refractivity contribution is 8.18. The number of halogens is 1. The summed E-state index contributed by atoms with van der Waals surface area (Å²) in [5, 5.41) is 5.02. The summed E-state index contributed by atoms with van der Waals surface area (Å²) in [5.41, 5.74) is 0.869. The van der Waals surface area contributed by atoms with Gasteiger partial charge in [0.2, 0.25) is 0 Å². The quantitative estimate of drug-likeness (QED) is 0.521.